The molecule has 0 aromatic carbocycles. The summed E-state index contributed by atoms with van der Waals surface area (Å²) in [6, 6.07) is 1.13. The van der Waals surface area contributed by atoms with Crippen molar-refractivity contribution in [1.29, 1.82) is 0 Å². The Bertz CT molecular complexity index is 114. The predicted octanol–water partition coefficient (Wildman–Crippen LogP) is -0.442. The highest BCUT2D eigenvalue weighted by molar-refractivity contribution is 8.76. The van der Waals surface area contributed by atoms with Crippen LogP contribution >= 0.6 is 21.6 Å². The molecule has 4 N–H and O–H groups in total. The van der Waals surface area contributed by atoms with E-state index in [0.717, 1.165) is 24.3 Å². The van der Waals surface area contributed by atoms with Crippen molar-refractivity contribution in [3.63, 3.8) is 0 Å². The minimum atomic E-state index is -2.33. The van der Waals surface area contributed by atoms with E-state index in [1.54, 1.807) is 21.6 Å². The van der Waals surface area contributed by atoms with Crippen LogP contribution in [0.4, 0.5) is 0 Å². The lowest BCUT2D eigenvalue weighted by Gasteiger charge is -2.02. The zero-order valence-electron chi connectivity index (χ0n) is 8.00. The van der Waals surface area contributed by atoms with Crippen molar-refractivity contribution in [2.75, 3.05) is 11.5 Å². The summed E-state index contributed by atoms with van der Waals surface area (Å²) in [5.41, 5.74) is 0. The number of hydrogen-bond acceptors (Lipinski definition) is 6. The van der Waals surface area contributed by atoms with Crippen molar-refractivity contribution in [3.05, 3.63) is 0 Å². The molecule has 0 radical (unpaired) electrons. The zero-order valence-corrected chi connectivity index (χ0v) is 11.9. The Morgan fingerprint density at radius 3 is 1.36 bits per heavy atom. The van der Waals surface area contributed by atoms with Crippen LogP contribution in [-0.2, 0) is 0 Å². The van der Waals surface area contributed by atoms with Gasteiger partial charge in [-0.3, -0.25) is 0 Å². The normalized spacial score (nSPS) is 11.6. The first kappa shape index (κ1) is 15.0. The third-order valence-corrected chi connectivity index (χ3v) is 5.89. The van der Waals surface area contributed by atoms with Crippen LogP contribution in [0.2, 0.25) is 12.1 Å². The average Bonchev–Trinajstić information content (AvgIpc) is 2.08. The molecule has 86 valence electrons. The summed E-state index contributed by atoms with van der Waals surface area (Å²) in [6.45, 7) is 0. The van der Waals surface area contributed by atoms with E-state index in [-0.39, 0.29) is 0 Å². The van der Waals surface area contributed by atoms with Crippen molar-refractivity contribution >= 4 is 40.2 Å². The number of hydrogen-bond donors (Lipinski definition) is 4. The van der Waals surface area contributed by atoms with Gasteiger partial charge in [-0.15, -0.1) is 0 Å². The highest BCUT2D eigenvalue weighted by Gasteiger charge is 2.02. The van der Waals surface area contributed by atoms with E-state index < -0.39 is 18.6 Å². The van der Waals surface area contributed by atoms with Crippen LogP contribution in [0.5, 0.6) is 0 Å². The molecule has 0 atom stereocenters. The maximum atomic E-state index is 8.68. The van der Waals surface area contributed by atoms with Gasteiger partial charge in [0.05, 0.1) is 0 Å². The van der Waals surface area contributed by atoms with Crippen LogP contribution in [0.25, 0.3) is 0 Å². The summed E-state index contributed by atoms with van der Waals surface area (Å²) in [5, 5.41) is 0. The molecule has 0 aliphatic carbocycles. The molecule has 0 unspecified atom stereocenters. The minimum Gasteiger partial charge on any atom is -0.413 e. The van der Waals surface area contributed by atoms with E-state index in [9.17, 15) is 0 Å². The van der Waals surface area contributed by atoms with E-state index in [1.807, 2.05) is 0 Å². The molecule has 0 heterocycles. The van der Waals surface area contributed by atoms with E-state index in [1.165, 1.54) is 0 Å². The summed E-state index contributed by atoms with van der Waals surface area (Å²) in [4.78, 5) is 34.7. The molecule has 0 aromatic rings. The highest BCUT2D eigenvalue weighted by atomic mass is 33.1. The van der Waals surface area contributed by atoms with Gasteiger partial charge in [0.2, 0.25) is 0 Å². The summed E-state index contributed by atoms with van der Waals surface area (Å²) >= 11 is 0. The lowest BCUT2D eigenvalue weighted by molar-refractivity contribution is 0.403. The van der Waals surface area contributed by atoms with Crippen molar-refractivity contribution in [2.24, 2.45) is 0 Å². The van der Waals surface area contributed by atoms with Gasteiger partial charge >= 0.3 is 18.6 Å². The molecule has 0 spiro atoms. The smallest absolute Gasteiger partial charge is 0.316 e. The fourth-order valence-corrected chi connectivity index (χ4v) is 4.72. The largest absolute Gasteiger partial charge is 0.413 e. The molecular weight excluding hydrogens is 256 g/mol. The van der Waals surface area contributed by atoms with Crippen molar-refractivity contribution in [2.45, 2.75) is 24.9 Å². The van der Waals surface area contributed by atoms with Crippen LogP contribution in [0.15, 0.2) is 0 Å². The fourth-order valence-electron chi connectivity index (χ4n) is 0.768. The molecule has 0 aliphatic rings. The first-order chi connectivity index (χ1) is 6.63. The summed E-state index contributed by atoms with van der Waals surface area (Å²) in [7, 11) is -1.23. The molecule has 14 heavy (non-hydrogen) atoms. The molecule has 8 heteroatoms. The van der Waals surface area contributed by atoms with Gasteiger partial charge < -0.3 is 19.2 Å². The van der Waals surface area contributed by atoms with Crippen LogP contribution in [0.1, 0.15) is 12.8 Å². The molecule has 0 aromatic heterocycles. The van der Waals surface area contributed by atoms with Crippen molar-refractivity contribution in [3.8, 4) is 0 Å². The Morgan fingerprint density at radius 2 is 1.07 bits per heavy atom. The first-order valence-corrected chi connectivity index (χ1v) is 10.8. The second-order valence-electron chi connectivity index (χ2n) is 2.89. The zero-order chi connectivity index (χ0) is 10.8. The maximum absolute atomic E-state index is 8.68. The van der Waals surface area contributed by atoms with Gasteiger partial charge in [0.15, 0.2) is 0 Å². The lowest BCUT2D eigenvalue weighted by Crippen LogP contribution is -2.10. The van der Waals surface area contributed by atoms with Gasteiger partial charge in [-0.2, -0.15) is 0 Å². The van der Waals surface area contributed by atoms with Gasteiger partial charge in [0, 0.05) is 11.5 Å². The molecule has 0 aliphatic heterocycles. The van der Waals surface area contributed by atoms with Gasteiger partial charge in [-0.25, -0.2) is 0 Å². The molecular formula is C6H18O4S2Si2. The van der Waals surface area contributed by atoms with Gasteiger partial charge in [-0.1, -0.05) is 21.6 Å². The second kappa shape index (κ2) is 10.5. The molecule has 0 bridgehead atoms. The lowest BCUT2D eigenvalue weighted by atomic mass is 10.6. The van der Waals surface area contributed by atoms with Gasteiger partial charge in [0.1, 0.15) is 0 Å². The Morgan fingerprint density at radius 1 is 0.714 bits per heavy atom. The Labute approximate surface area is 95.8 Å². The standard InChI is InChI=1S/C6H18O4S2Si2/c7-13(8)5-1-3-11-12-4-2-6-14(9)10/h7-10,13-14H,1-6H2. The van der Waals surface area contributed by atoms with Crippen LogP contribution in [0.3, 0.4) is 0 Å². The second-order valence-corrected chi connectivity index (χ2v) is 8.67. The summed E-state index contributed by atoms with van der Waals surface area (Å²) < 4.78 is 0. The van der Waals surface area contributed by atoms with Gasteiger partial charge in [-0.05, 0) is 24.9 Å². The Hall–Kier alpha value is 0.974. The van der Waals surface area contributed by atoms with E-state index in [0.29, 0.717) is 12.1 Å². The SMILES string of the molecule is O[SiH](O)CCCSSCCC[SiH](O)O. The average molecular weight is 275 g/mol. The molecule has 0 saturated carbocycles. The van der Waals surface area contributed by atoms with E-state index in [2.05, 4.69) is 0 Å². The summed E-state index contributed by atoms with van der Waals surface area (Å²) in [6.07, 6.45) is 1.72. The molecule has 4 nitrogen and oxygen atoms in total. The Balaban J connectivity index is 2.92. The van der Waals surface area contributed by atoms with E-state index >= 15 is 0 Å². The molecule has 0 fully saturated rings. The van der Waals surface area contributed by atoms with Crippen molar-refractivity contribution in [1.82, 2.24) is 0 Å². The fraction of sp³-hybridized carbons (Fsp3) is 1.00. The topological polar surface area (TPSA) is 80.9 Å². The molecule has 0 saturated heterocycles. The van der Waals surface area contributed by atoms with Crippen LogP contribution < -0.4 is 0 Å². The number of rotatable bonds is 9. The van der Waals surface area contributed by atoms with Crippen LogP contribution in [0, 0.1) is 0 Å². The predicted molar refractivity (Wildman–Crippen MR) is 66.9 cm³/mol. The quantitative estimate of drug-likeness (QED) is 0.259. The first-order valence-electron chi connectivity index (χ1n) is 4.59. The van der Waals surface area contributed by atoms with Gasteiger partial charge in [0.25, 0.3) is 0 Å². The van der Waals surface area contributed by atoms with E-state index in [4.69, 9.17) is 19.2 Å². The Kier molecular flexibility index (Phi) is 11.2. The minimum absolute atomic E-state index is 0.565. The third-order valence-electron chi connectivity index (χ3n) is 1.46. The van der Waals surface area contributed by atoms with Crippen LogP contribution in [-0.4, -0.2) is 49.3 Å². The molecule has 0 rings (SSSR count). The summed E-state index contributed by atoms with van der Waals surface area (Å²) in [5.74, 6) is 1.88. The van der Waals surface area contributed by atoms with Crippen molar-refractivity contribution < 1.29 is 19.2 Å². The molecule has 0 amide bonds. The monoisotopic (exact) mass is 274 g/mol. The third kappa shape index (κ3) is 13.0. The highest BCUT2D eigenvalue weighted by Crippen LogP contribution is 2.23. The maximum Gasteiger partial charge on any atom is 0.316 e.